The molecule has 0 aliphatic heterocycles. The number of rotatable bonds is 9. The maximum Gasteiger partial charge on any atom is 0.261 e. The van der Waals surface area contributed by atoms with Crippen molar-refractivity contribution in [3.63, 3.8) is 0 Å². The predicted octanol–water partition coefficient (Wildman–Crippen LogP) is 3.66. The van der Waals surface area contributed by atoms with Crippen LogP contribution < -0.4 is 19.5 Å². The summed E-state index contributed by atoms with van der Waals surface area (Å²) in [5.41, 5.74) is 2.20. The van der Waals surface area contributed by atoms with Crippen LogP contribution in [0.25, 0.3) is 0 Å². The van der Waals surface area contributed by atoms with Crippen LogP contribution in [0.1, 0.15) is 24.5 Å². The Bertz CT molecular complexity index is 712. The fourth-order valence-corrected chi connectivity index (χ4v) is 2.46. The van der Waals surface area contributed by atoms with E-state index in [1.54, 1.807) is 7.11 Å². The van der Waals surface area contributed by atoms with Crippen LogP contribution in [-0.2, 0) is 4.79 Å². The first kappa shape index (κ1) is 19.6. The second kappa shape index (κ2) is 9.70. The molecular weight excluding hydrogens is 330 g/mol. The number of carbonyl (C=O) groups is 1. The van der Waals surface area contributed by atoms with Crippen LogP contribution in [0.2, 0.25) is 0 Å². The second-order valence-electron chi connectivity index (χ2n) is 6.03. The highest BCUT2D eigenvalue weighted by Crippen LogP contribution is 2.22. The number of ether oxygens (including phenoxy) is 3. The first-order valence-electron chi connectivity index (χ1n) is 8.82. The maximum atomic E-state index is 12.4. The lowest BCUT2D eigenvalue weighted by molar-refractivity contribution is -0.128. The Hall–Kier alpha value is -2.69. The zero-order valence-electron chi connectivity index (χ0n) is 15.9. The van der Waals surface area contributed by atoms with Crippen LogP contribution in [0.15, 0.2) is 42.5 Å². The number of methoxy groups -OCH3 is 1. The minimum absolute atomic E-state index is 0.133. The van der Waals surface area contributed by atoms with E-state index < -0.39 is 6.10 Å². The predicted molar refractivity (Wildman–Crippen MR) is 102 cm³/mol. The number of benzene rings is 2. The summed E-state index contributed by atoms with van der Waals surface area (Å²) in [4.78, 5) is 12.4. The van der Waals surface area contributed by atoms with E-state index in [0.717, 1.165) is 28.4 Å². The monoisotopic (exact) mass is 357 g/mol. The molecule has 0 radical (unpaired) electrons. The molecule has 1 amide bonds. The number of hydrogen-bond donors (Lipinski definition) is 1. The molecule has 1 N–H and O–H groups in total. The third-order valence-corrected chi connectivity index (χ3v) is 4.22. The van der Waals surface area contributed by atoms with E-state index in [2.05, 4.69) is 5.32 Å². The van der Waals surface area contributed by atoms with Crippen LogP contribution in [0.5, 0.6) is 17.2 Å². The van der Waals surface area contributed by atoms with E-state index in [4.69, 9.17) is 14.2 Å². The van der Waals surface area contributed by atoms with Gasteiger partial charge in [-0.15, -0.1) is 0 Å². The molecule has 0 saturated heterocycles. The van der Waals surface area contributed by atoms with Crippen molar-refractivity contribution in [3.05, 3.63) is 53.6 Å². The molecule has 0 fully saturated rings. The van der Waals surface area contributed by atoms with Crippen molar-refractivity contribution in [2.24, 2.45) is 0 Å². The summed E-state index contributed by atoms with van der Waals surface area (Å²) in [6, 6.07) is 13.2. The van der Waals surface area contributed by atoms with Gasteiger partial charge >= 0.3 is 0 Å². The Morgan fingerprint density at radius 3 is 2.42 bits per heavy atom. The number of hydrogen-bond acceptors (Lipinski definition) is 4. The molecule has 0 spiro atoms. The van der Waals surface area contributed by atoms with Gasteiger partial charge in [0.05, 0.1) is 13.7 Å². The molecule has 26 heavy (non-hydrogen) atoms. The van der Waals surface area contributed by atoms with Gasteiger partial charge in [-0.2, -0.15) is 0 Å². The Labute approximate surface area is 155 Å². The first-order chi connectivity index (χ1) is 12.5. The van der Waals surface area contributed by atoms with Gasteiger partial charge in [0.15, 0.2) is 6.10 Å². The molecule has 2 rings (SSSR count). The quantitative estimate of drug-likeness (QED) is 0.696. The van der Waals surface area contributed by atoms with Gasteiger partial charge in [-0.3, -0.25) is 4.79 Å². The highest BCUT2D eigenvalue weighted by Gasteiger charge is 2.19. The van der Waals surface area contributed by atoms with Crippen molar-refractivity contribution in [2.75, 3.05) is 20.3 Å². The Morgan fingerprint density at radius 2 is 1.77 bits per heavy atom. The van der Waals surface area contributed by atoms with Crippen LogP contribution in [0, 0.1) is 13.8 Å². The van der Waals surface area contributed by atoms with Gasteiger partial charge in [0.1, 0.15) is 23.9 Å². The summed E-state index contributed by atoms with van der Waals surface area (Å²) >= 11 is 0. The average Bonchev–Trinajstić information content (AvgIpc) is 2.66. The third-order valence-electron chi connectivity index (χ3n) is 4.22. The molecule has 2 aromatic carbocycles. The van der Waals surface area contributed by atoms with Gasteiger partial charge in [0.2, 0.25) is 0 Å². The minimum Gasteiger partial charge on any atom is -0.497 e. The van der Waals surface area contributed by atoms with E-state index in [0.29, 0.717) is 19.6 Å². The summed E-state index contributed by atoms with van der Waals surface area (Å²) in [6.45, 7) is 6.76. The molecule has 0 heterocycles. The molecular formula is C21H27NO4. The molecule has 5 nitrogen and oxygen atoms in total. The normalized spacial score (nSPS) is 11.5. The molecule has 0 saturated carbocycles. The third kappa shape index (κ3) is 5.41. The molecule has 140 valence electrons. The molecule has 2 aromatic rings. The summed E-state index contributed by atoms with van der Waals surface area (Å²) < 4.78 is 16.6. The van der Waals surface area contributed by atoms with Gasteiger partial charge in [-0.1, -0.05) is 19.1 Å². The van der Waals surface area contributed by atoms with Gasteiger partial charge in [0, 0.05) is 0 Å². The lowest BCUT2D eigenvalue weighted by Gasteiger charge is -2.19. The van der Waals surface area contributed by atoms with Crippen LogP contribution in [-0.4, -0.2) is 32.3 Å². The Balaban J connectivity index is 1.80. The largest absolute Gasteiger partial charge is 0.497 e. The lowest BCUT2D eigenvalue weighted by atomic mass is 10.1. The lowest BCUT2D eigenvalue weighted by Crippen LogP contribution is -2.39. The number of nitrogens with one attached hydrogen (secondary N) is 1. The Kier molecular flexibility index (Phi) is 7.33. The highest BCUT2D eigenvalue weighted by molar-refractivity contribution is 5.81. The number of amides is 1. The zero-order chi connectivity index (χ0) is 18.9. The Morgan fingerprint density at radius 1 is 1.08 bits per heavy atom. The van der Waals surface area contributed by atoms with Crippen molar-refractivity contribution >= 4 is 5.91 Å². The van der Waals surface area contributed by atoms with Gasteiger partial charge in [-0.05, 0) is 61.7 Å². The van der Waals surface area contributed by atoms with Crippen LogP contribution in [0.3, 0.4) is 0 Å². The molecule has 0 aliphatic rings. The van der Waals surface area contributed by atoms with Gasteiger partial charge in [-0.25, -0.2) is 0 Å². The van der Waals surface area contributed by atoms with Crippen molar-refractivity contribution < 1.29 is 19.0 Å². The van der Waals surface area contributed by atoms with Crippen molar-refractivity contribution in [2.45, 2.75) is 33.3 Å². The van der Waals surface area contributed by atoms with E-state index in [9.17, 15) is 4.79 Å². The van der Waals surface area contributed by atoms with Crippen LogP contribution in [0.4, 0.5) is 0 Å². The SMILES string of the molecule is CC[C@@H](Oc1cccc(C)c1C)C(=O)NCCOc1ccc(OC)cc1. The first-order valence-corrected chi connectivity index (χ1v) is 8.82. The van der Waals surface area contributed by atoms with Crippen molar-refractivity contribution in [3.8, 4) is 17.2 Å². The smallest absolute Gasteiger partial charge is 0.261 e. The average molecular weight is 357 g/mol. The molecule has 0 bridgehead atoms. The fraction of sp³-hybridized carbons (Fsp3) is 0.381. The molecule has 0 aliphatic carbocycles. The van der Waals surface area contributed by atoms with Gasteiger partial charge in [0.25, 0.3) is 5.91 Å². The summed E-state index contributed by atoms with van der Waals surface area (Å²) in [7, 11) is 1.62. The summed E-state index contributed by atoms with van der Waals surface area (Å²) in [5, 5.41) is 2.87. The highest BCUT2D eigenvalue weighted by atomic mass is 16.5. The number of aryl methyl sites for hydroxylation is 1. The second-order valence-corrected chi connectivity index (χ2v) is 6.03. The number of carbonyl (C=O) groups excluding carboxylic acids is 1. The minimum atomic E-state index is -0.517. The van der Waals surface area contributed by atoms with Crippen molar-refractivity contribution in [1.29, 1.82) is 0 Å². The summed E-state index contributed by atoms with van der Waals surface area (Å²) in [6.07, 6.45) is 0.0786. The fourth-order valence-electron chi connectivity index (χ4n) is 2.46. The standard InChI is InChI=1S/C21H27NO4/c1-5-19(26-20-8-6-7-15(2)16(20)3)21(23)22-13-14-25-18-11-9-17(24-4)10-12-18/h6-12,19H,5,13-14H2,1-4H3,(H,22,23)/t19-/m1/s1. The maximum absolute atomic E-state index is 12.4. The molecule has 0 aromatic heterocycles. The van der Waals surface area contributed by atoms with Crippen LogP contribution >= 0.6 is 0 Å². The zero-order valence-corrected chi connectivity index (χ0v) is 15.9. The summed E-state index contributed by atoms with van der Waals surface area (Å²) in [5.74, 6) is 2.13. The molecule has 0 unspecified atom stereocenters. The van der Waals surface area contributed by atoms with Gasteiger partial charge < -0.3 is 19.5 Å². The topological polar surface area (TPSA) is 56.8 Å². The molecule has 5 heteroatoms. The van der Waals surface area contributed by atoms with E-state index in [-0.39, 0.29) is 5.91 Å². The molecule has 1 atom stereocenters. The van der Waals surface area contributed by atoms with E-state index in [1.165, 1.54) is 0 Å². The van der Waals surface area contributed by atoms with Crippen molar-refractivity contribution in [1.82, 2.24) is 5.32 Å². The van der Waals surface area contributed by atoms with E-state index >= 15 is 0 Å². The van der Waals surface area contributed by atoms with E-state index in [1.807, 2.05) is 63.2 Å².